The molecule has 3 unspecified atom stereocenters. The molecular weight excluding hydrogens is 868 g/mol. The van der Waals surface area contributed by atoms with Crippen LogP contribution < -0.4 is 0 Å². The van der Waals surface area contributed by atoms with Gasteiger partial charge in [-0.3, -0.25) is 4.79 Å². The van der Waals surface area contributed by atoms with Crippen LogP contribution in [0.25, 0.3) is 0 Å². The first-order chi connectivity index (χ1) is 30.9. The van der Waals surface area contributed by atoms with Crippen LogP contribution in [0.1, 0.15) is 92.9 Å². The van der Waals surface area contributed by atoms with Crippen molar-refractivity contribution >= 4 is 5.97 Å². The molecule has 19 nitrogen and oxygen atoms in total. The molecule has 0 spiro atoms. The number of fused-ring (bicyclic) bond motifs is 6. The fraction of sp³-hybridized carbons (Fsp3) is 0.894. The molecule has 19 heteroatoms. The highest BCUT2D eigenvalue weighted by Crippen LogP contribution is 2.74. The predicted octanol–water partition coefficient (Wildman–Crippen LogP) is -1.72. The number of carbonyl (C=O) groups excluding carboxylic acids is 1. The zero-order chi connectivity index (χ0) is 48.7. The summed E-state index contributed by atoms with van der Waals surface area (Å²) < 4.78 is 29.5. The van der Waals surface area contributed by atoms with Crippen LogP contribution in [0.5, 0.6) is 0 Å². The van der Waals surface area contributed by atoms with Gasteiger partial charge in [0.15, 0.2) is 12.6 Å². The molecule has 378 valence electrons. The monoisotopic (exact) mass is 944 g/mol. The van der Waals surface area contributed by atoms with E-state index in [0.717, 1.165) is 11.1 Å². The molecule has 2 saturated heterocycles. The highest BCUT2D eigenvalue weighted by molar-refractivity contribution is 5.77. The first-order valence-corrected chi connectivity index (χ1v) is 23.7. The molecule has 0 aromatic carbocycles. The van der Waals surface area contributed by atoms with Crippen LogP contribution >= 0.6 is 0 Å². The summed E-state index contributed by atoms with van der Waals surface area (Å²) in [5.41, 5.74) is -2.75. The standard InChI is InChI=1S/C47H76O19/c1-22-32(55)38(66-39-36(59)35(58)34(57)27(18-49)64-39)37(60)40(63-22)65-31-10-11-43(3)28(44(31,4)20-50)9-12-45(5)29(43)8-7-23-24-15-42(2,41(61)62-19-26(53)33(56)25(52)17-48)13-14-47(24,21-51)30(54)16-46(23,45)6/h7-8,22,25-40,48-60H,9-21H2,1-6H3/t22-,25?,26?,27-,28-,29-,30-,31+,32+,33?,34-,35+,36-,37-,38+,39+,40+,42+,43+,44+,45-,46-,47-/m1/s1. The Morgan fingerprint density at radius 2 is 1.47 bits per heavy atom. The Balaban J connectivity index is 1.14. The number of allylic oxidation sites excluding steroid dienone is 3. The number of carbonyl (C=O) groups is 1. The largest absolute Gasteiger partial charge is 0.462 e. The second-order valence-corrected chi connectivity index (χ2v) is 22.1. The minimum Gasteiger partial charge on any atom is -0.462 e. The normalized spacial score (nSPS) is 50.6. The third kappa shape index (κ3) is 8.06. The Hall–Kier alpha value is -1.73. The van der Waals surface area contributed by atoms with Crippen molar-refractivity contribution in [2.45, 2.75) is 185 Å². The Labute approximate surface area is 385 Å². The minimum atomic E-state index is -1.78. The summed E-state index contributed by atoms with van der Waals surface area (Å²) in [6, 6.07) is 0. The van der Waals surface area contributed by atoms with Gasteiger partial charge in [-0.15, -0.1) is 0 Å². The van der Waals surface area contributed by atoms with Crippen molar-refractivity contribution in [3.63, 3.8) is 0 Å². The molecule has 0 aromatic rings. The van der Waals surface area contributed by atoms with E-state index in [1.165, 1.54) is 0 Å². The molecule has 66 heavy (non-hydrogen) atoms. The van der Waals surface area contributed by atoms with Crippen molar-refractivity contribution in [1.82, 2.24) is 0 Å². The van der Waals surface area contributed by atoms with E-state index in [0.29, 0.717) is 38.5 Å². The molecule has 3 saturated carbocycles. The molecule has 23 atom stereocenters. The molecule has 0 amide bonds. The van der Waals surface area contributed by atoms with E-state index in [2.05, 4.69) is 32.9 Å². The second-order valence-electron chi connectivity index (χ2n) is 22.1. The Morgan fingerprint density at radius 3 is 2.11 bits per heavy atom. The van der Waals surface area contributed by atoms with Crippen molar-refractivity contribution in [3.05, 3.63) is 23.3 Å². The van der Waals surface area contributed by atoms with E-state index in [-0.39, 0.29) is 37.9 Å². The third-order valence-electron chi connectivity index (χ3n) is 18.5. The fourth-order valence-corrected chi connectivity index (χ4v) is 13.9. The SMILES string of the molecule is C[C@H]1O[C@@H](O[C@H]2CC[C@@]3(C)[C@@H](CC[C@]4(C)[C@@H]3C=CC3=C5C[C@@](C)(C(=O)OCC(O)C(O)C(O)CO)CC[C@]5(CO)[C@H](O)C[C@]34C)[C@]2(C)CO)[C@H](O)[C@@H](O[C@@H]2O[C@H](CO)[C@@H](O)[C@H](O)[C@H]2O)[C@H]1O. The zero-order valence-corrected chi connectivity index (χ0v) is 38.9. The molecule has 0 radical (unpaired) electrons. The van der Waals surface area contributed by atoms with Gasteiger partial charge in [0.05, 0.1) is 50.2 Å². The average molecular weight is 945 g/mol. The molecule has 0 aromatic heterocycles. The van der Waals surface area contributed by atoms with Crippen LogP contribution in [0.3, 0.4) is 0 Å². The number of aliphatic hydroxyl groups is 13. The van der Waals surface area contributed by atoms with Crippen molar-refractivity contribution < 1.29 is 94.9 Å². The van der Waals surface area contributed by atoms with Crippen LogP contribution in [0.4, 0.5) is 0 Å². The highest BCUT2D eigenvalue weighted by Gasteiger charge is 2.69. The predicted molar refractivity (Wildman–Crippen MR) is 229 cm³/mol. The molecule has 0 bridgehead atoms. The Morgan fingerprint density at radius 1 is 0.788 bits per heavy atom. The molecule has 13 N–H and O–H groups in total. The van der Waals surface area contributed by atoms with Crippen LogP contribution in [0, 0.1) is 44.3 Å². The van der Waals surface area contributed by atoms with Crippen LogP contribution in [0.2, 0.25) is 0 Å². The highest BCUT2D eigenvalue weighted by atomic mass is 16.7. The van der Waals surface area contributed by atoms with E-state index in [9.17, 15) is 71.2 Å². The molecular formula is C47H76O19. The lowest BCUT2D eigenvalue weighted by molar-refractivity contribution is -0.367. The van der Waals surface area contributed by atoms with E-state index < -0.39 is 150 Å². The van der Waals surface area contributed by atoms with Gasteiger partial charge in [-0.05, 0) is 93.5 Å². The molecule has 7 rings (SSSR count). The van der Waals surface area contributed by atoms with Crippen LogP contribution in [0.15, 0.2) is 23.3 Å². The molecule has 7 aliphatic rings. The summed E-state index contributed by atoms with van der Waals surface area (Å²) in [6.45, 7) is 9.21. The summed E-state index contributed by atoms with van der Waals surface area (Å²) in [7, 11) is 0. The van der Waals surface area contributed by atoms with Gasteiger partial charge in [0.25, 0.3) is 0 Å². The number of esters is 1. The van der Waals surface area contributed by atoms with Gasteiger partial charge in [-0.2, -0.15) is 0 Å². The topological polar surface area (TPSA) is 326 Å². The number of aliphatic hydroxyl groups excluding tert-OH is 13. The van der Waals surface area contributed by atoms with Crippen molar-refractivity contribution in [3.8, 4) is 0 Å². The number of ether oxygens (including phenoxy) is 5. The van der Waals surface area contributed by atoms with E-state index in [1.54, 1.807) is 13.8 Å². The molecule has 5 aliphatic carbocycles. The lowest BCUT2D eigenvalue weighted by atomic mass is 9.35. The average Bonchev–Trinajstić information content (AvgIpc) is 3.29. The van der Waals surface area contributed by atoms with Crippen molar-refractivity contribution in [2.75, 3.05) is 33.0 Å². The molecule has 2 aliphatic heterocycles. The first kappa shape index (κ1) is 52.1. The maximum Gasteiger partial charge on any atom is 0.312 e. The Bertz CT molecular complexity index is 1810. The minimum absolute atomic E-state index is 0.0658. The van der Waals surface area contributed by atoms with Gasteiger partial charge in [0.1, 0.15) is 67.6 Å². The van der Waals surface area contributed by atoms with Gasteiger partial charge in [0.2, 0.25) is 0 Å². The van der Waals surface area contributed by atoms with Crippen LogP contribution in [-0.4, -0.2) is 197 Å². The number of hydrogen-bond acceptors (Lipinski definition) is 19. The van der Waals surface area contributed by atoms with Crippen LogP contribution in [-0.2, 0) is 28.5 Å². The van der Waals surface area contributed by atoms with Gasteiger partial charge in [-0.25, -0.2) is 0 Å². The Kier molecular flexibility index (Phi) is 14.8. The summed E-state index contributed by atoms with van der Waals surface area (Å²) >= 11 is 0. The lowest BCUT2D eigenvalue weighted by Crippen LogP contribution is -2.67. The first-order valence-electron chi connectivity index (χ1n) is 23.7. The van der Waals surface area contributed by atoms with Crippen molar-refractivity contribution in [2.24, 2.45) is 44.3 Å². The van der Waals surface area contributed by atoms with Gasteiger partial charge in [-0.1, -0.05) is 45.4 Å². The zero-order valence-electron chi connectivity index (χ0n) is 38.9. The number of hydrogen-bond donors (Lipinski definition) is 13. The summed E-state index contributed by atoms with van der Waals surface area (Å²) in [5.74, 6) is -0.824. The van der Waals surface area contributed by atoms with Crippen molar-refractivity contribution in [1.29, 1.82) is 0 Å². The van der Waals surface area contributed by atoms with Gasteiger partial charge in [0, 0.05) is 16.2 Å². The molecule has 5 fully saturated rings. The fourth-order valence-electron chi connectivity index (χ4n) is 13.9. The quantitative estimate of drug-likeness (QED) is 0.0721. The smallest absolute Gasteiger partial charge is 0.312 e. The van der Waals surface area contributed by atoms with Gasteiger partial charge >= 0.3 is 5.97 Å². The summed E-state index contributed by atoms with van der Waals surface area (Å²) in [4.78, 5) is 13.8. The van der Waals surface area contributed by atoms with E-state index in [1.807, 2.05) is 6.92 Å². The van der Waals surface area contributed by atoms with E-state index in [4.69, 9.17) is 23.7 Å². The maximum atomic E-state index is 13.8. The molecule has 2 heterocycles. The lowest BCUT2D eigenvalue weighted by Gasteiger charge is -2.70. The second kappa shape index (κ2) is 18.8. The third-order valence-corrected chi connectivity index (χ3v) is 18.5. The van der Waals surface area contributed by atoms with Gasteiger partial charge < -0.3 is 90.1 Å². The summed E-state index contributed by atoms with van der Waals surface area (Å²) in [5, 5.41) is 138. The number of rotatable bonds is 13. The van der Waals surface area contributed by atoms with E-state index >= 15 is 0 Å². The maximum absolute atomic E-state index is 13.8. The summed E-state index contributed by atoms with van der Waals surface area (Å²) in [6.07, 6.45) is -13.7.